The number of H-pyrrole nitrogens is 1. The van der Waals surface area contributed by atoms with Crippen LogP contribution in [-0.2, 0) is 21.4 Å². The third-order valence-electron chi connectivity index (χ3n) is 5.71. The molecule has 2 aromatic heterocycles. The van der Waals surface area contributed by atoms with E-state index >= 15 is 0 Å². The summed E-state index contributed by atoms with van der Waals surface area (Å²) < 4.78 is 30.9. The average Bonchev–Trinajstić information content (AvgIpc) is 3.45. The molecule has 0 saturated carbocycles. The number of aromatic amines is 1. The molecule has 1 aliphatic rings. The highest BCUT2D eigenvalue weighted by atomic mass is 32.2. The first-order chi connectivity index (χ1) is 15.0. The molecule has 1 atom stereocenters. The maximum Gasteiger partial charge on any atom is 0.241 e. The second-order valence-electron chi connectivity index (χ2n) is 7.74. The number of sulfonamides is 1. The Morgan fingerprint density at radius 1 is 1.16 bits per heavy atom. The molecule has 1 aliphatic heterocycles. The van der Waals surface area contributed by atoms with E-state index in [4.69, 9.17) is 0 Å². The number of carbonyl (C=O) groups is 1. The van der Waals surface area contributed by atoms with Crippen molar-refractivity contribution < 1.29 is 13.2 Å². The molecule has 2 N–H and O–H groups in total. The molecule has 0 bridgehead atoms. The predicted octanol–water partition coefficient (Wildman–Crippen LogP) is 2.59. The second-order valence-corrected chi connectivity index (χ2v) is 9.42. The second kappa shape index (κ2) is 8.96. The molecule has 31 heavy (non-hydrogen) atoms. The van der Waals surface area contributed by atoms with Gasteiger partial charge in [0, 0.05) is 42.9 Å². The van der Waals surface area contributed by atoms with Crippen molar-refractivity contribution in [3.63, 3.8) is 0 Å². The Morgan fingerprint density at radius 2 is 1.97 bits per heavy atom. The highest BCUT2D eigenvalue weighted by molar-refractivity contribution is 7.89. The first kappa shape index (κ1) is 21.2. The van der Waals surface area contributed by atoms with Crippen LogP contribution in [0, 0.1) is 11.3 Å². The topological polar surface area (TPSA) is 111 Å². The van der Waals surface area contributed by atoms with Gasteiger partial charge in [0.15, 0.2) is 0 Å². The van der Waals surface area contributed by atoms with Gasteiger partial charge in [-0.25, -0.2) is 8.42 Å². The molecule has 1 aromatic carbocycles. The lowest BCUT2D eigenvalue weighted by molar-refractivity contribution is -0.134. The zero-order valence-corrected chi connectivity index (χ0v) is 17.9. The monoisotopic (exact) mass is 439 g/mol. The molecule has 0 spiro atoms. The summed E-state index contributed by atoms with van der Waals surface area (Å²) in [6.45, 7) is 1.63. The Kier molecular flexibility index (Phi) is 6.11. The van der Waals surface area contributed by atoms with Crippen LogP contribution in [0.2, 0.25) is 0 Å². The third kappa shape index (κ3) is 4.50. The van der Waals surface area contributed by atoms with Crippen LogP contribution in [0.5, 0.6) is 0 Å². The zero-order chi connectivity index (χ0) is 21.8. The Balaban J connectivity index is 1.60. The van der Waals surface area contributed by atoms with E-state index in [0.29, 0.717) is 36.2 Å². The van der Waals surface area contributed by atoms with Crippen LogP contribution in [-0.4, -0.2) is 47.9 Å². The summed E-state index contributed by atoms with van der Waals surface area (Å²) in [4.78, 5) is 18.2. The van der Waals surface area contributed by atoms with Gasteiger partial charge in [-0.15, -0.1) is 0 Å². The number of hydrogen-bond acceptors (Lipinski definition) is 4. The molecule has 3 heterocycles. The number of aryl methyl sites for hydroxylation is 1. The average molecular weight is 440 g/mol. The number of aromatic nitrogens is 2. The van der Waals surface area contributed by atoms with E-state index in [2.05, 4.69) is 15.8 Å². The SMILES string of the molecule is N#Cc1cccn1CCC(NS(=O)(=O)c1cccc2[nH]ccc12)C(=O)N1CCCCC1. The standard InChI is InChI=1S/C22H25N5O3S/c23-16-17-6-5-14-26(17)15-10-20(22(28)27-12-2-1-3-13-27)25-31(29,30)21-8-4-7-19-18(21)9-11-24-19/h4-9,11,14,20,24-25H,1-3,10,12-13,15H2. The van der Waals surface area contributed by atoms with Crippen LogP contribution >= 0.6 is 0 Å². The van der Waals surface area contributed by atoms with Gasteiger partial charge in [0.1, 0.15) is 17.8 Å². The highest BCUT2D eigenvalue weighted by Gasteiger charge is 2.30. The van der Waals surface area contributed by atoms with Crippen molar-refractivity contribution in [2.75, 3.05) is 13.1 Å². The number of fused-ring (bicyclic) bond motifs is 1. The number of nitriles is 1. The van der Waals surface area contributed by atoms with Crippen molar-refractivity contribution in [3.05, 3.63) is 54.5 Å². The van der Waals surface area contributed by atoms with Crippen LogP contribution in [0.15, 0.2) is 53.7 Å². The Labute approximate surface area is 181 Å². The lowest BCUT2D eigenvalue weighted by atomic mass is 10.1. The number of nitrogens with one attached hydrogen (secondary N) is 2. The molecule has 8 nitrogen and oxygen atoms in total. The number of carbonyl (C=O) groups excluding carboxylic acids is 1. The number of piperidine rings is 1. The highest BCUT2D eigenvalue weighted by Crippen LogP contribution is 2.23. The van der Waals surface area contributed by atoms with Gasteiger partial charge in [-0.3, -0.25) is 4.79 Å². The summed E-state index contributed by atoms with van der Waals surface area (Å²) in [6.07, 6.45) is 6.62. The summed E-state index contributed by atoms with van der Waals surface area (Å²) in [5.74, 6) is -0.213. The van der Waals surface area contributed by atoms with Crippen molar-refractivity contribution in [2.45, 2.75) is 43.2 Å². The number of hydrogen-bond donors (Lipinski definition) is 2. The Hall–Kier alpha value is -3.09. The van der Waals surface area contributed by atoms with Gasteiger partial charge in [-0.05, 0) is 56.0 Å². The van der Waals surface area contributed by atoms with E-state index in [1.807, 2.05) is 0 Å². The maximum absolute atomic E-state index is 13.3. The summed E-state index contributed by atoms with van der Waals surface area (Å²) in [5, 5.41) is 9.82. The van der Waals surface area contributed by atoms with E-state index in [1.165, 1.54) is 0 Å². The quantitative estimate of drug-likeness (QED) is 0.589. The van der Waals surface area contributed by atoms with Gasteiger partial charge in [-0.2, -0.15) is 9.98 Å². The van der Waals surface area contributed by atoms with E-state index < -0.39 is 16.1 Å². The van der Waals surface area contributed by atoms with Crippen LogP contribution < -0.4 is 4.72 Å². The number of rotatable bonds is 7. The molecule has 1 unspecified atom stereocenters. The van der Waals surface area contributed by atoms with Gasteiger partial charge >= 0.3 is 0 Å². The molecule has 1 saturated heterocycles. The Bertz CT molecular complexity index is 1220. The summed E-state index contributed by atoms with van der Waals surface area (Å²) >= 11 is 0. The lowest BCUT2D eigenvalue weighted by Crippen LogP contribution is -2.50. The smallest absolute Gasteiger partial charge is 0.241 e. The molecular weight excluding hydrogens is 414 g/mol. The fourth-order valence-electron chi connectivity index (χ4n) is 4.09. The van der Waals surface area contributed by atoms with Crippen molar-refractivity contribution in [1.82, 2.24) is 19.2 Å². The van der Waals surface area contributed by atoms with E-state index in [9.17, 15) is 18.5 Å². The van der Waals surface area contributed by atoms with E-state index in [0.717, 1.165) is 19.3 Å². The molecule has 0 radical (unpaired) electrons. The van der Waals surface area contributed by atoms with Crippen LogP contribution in [0.1, 0.15) is 31.4 Å². The van der Waals surface area contributed by atoms with E-state index in [-0.39, 0.29) is 17.2 Å². The van der Waals surface area contributed by atoms with Gasteiger partial charge < -0.3 is 14.5 Å². The van der Waals surface area contributed by atoms with Gasteiger partial charge in [0.2, 0.25) is 15.9 Å². The predicted molar refractivity (Wildman–Crippen MR) is 117 cm³/mol. The minimum Gasteiger partial charge on any atom is -0.361 e. The fourth-order valence-corrected chi connectivity index (χ4v) is 5.53. The summed E-state index contributed by atoms with van der Waals surface area (Å²) in [6, 6.07) is 11.4. The van der Waals surface area contributed by atoms with Crippen LogP contribution in [0.25, 0.3) is 10.9 Å². The summed E-state index contributed by atoms with van der Waals surface area (Å²) in [7, 11) is -3.94. The number of benzene rings is 1. The molecule has 1 fully saturated rings. The number of likely N-dealkylation sites (tertiary alicyclic amines) is 1. The molecule has 1 amide bonds. The minimum atomic E-state index is -3.94. The fraction of sp³-hybridized carbons (Fsp3) is 0.364. The van der Waals surface area contributed by atoms with E-state index in [1.54, 1.807) is 58.3 Å². The van der Waals surface area contributed by atoms with Crippen molar-refractivity contribution in [1.29, 1.82) is 5.26 Å². The maximum atomic E-state index is 13.3. The molecule has 9 heteroatoms. The number of amides is 1. The minimum absolute atomic E-state index is 0.140. The molecular formula is C22H25N5O3S. The lowest BCUT2D eigenvalue weighted by Gasteiger charge is -2.31. The third-order valence-corrected chi connectivity index (χ3v) is 7.24. The van der Waals surface area contributed by atoms with Crippen molar-refractivity contribution in [3.8, 4) is 6.07 Å². The normalized spacial score (nSPS) is 15.6. The largest absolute Gasteiger partial charge is 0.361 e. The Morgan fingerprint density at radius 3 is 2.74 bits per heavy atom. The first-order valence-corrected chi connectivity index (χ1v) is 11.9. The van der Waals surface area contributed by atoms with Gasteiger partial charge in [0.05, 0.1) is 4.90 Å². The first-order valence-electron chi connectivity index (χ1n) is 10.4. The van der Waals surface area contributed by atoms with Crippen molar-refractivity contribution >= 4 is 26.8 Å². The summed E-state index contributed by atoms with van der Waals surface area (Å²) in [5.41, 5.74) is 1.19. The van der Waals surface area contributed by atoms with Gasteiger partial charge in [-0.1, -0.05) is 6.07 Å². The van der Waals surface area contributed by atoms with Crippen LogP contribution in [0.3, 0.4) is 0 Å². The number of nitrogens with zero attached hydrogens (tertiary/aromatic N) is 3. The van der Waals surface area contributed by atoms with Crippen molar-refractivity contribution in [2.24, 2.45) is 0 Å². The molecule has 4 rings (SSSR count). The molecule has 162 valence electrons. The molecule has 3 aromatic rings. The zero-order valence-electron chi connectivity index (χ0n) is 17.1. The van der Waals surface area contributed by atoms with Gasteiger partial charge in [0.25, 0.3) is 0 Å². The molecule has 0 aliphatic carbocycles. The van der Waals surface area contributed by atoms with Crippen LogP contribution in [0.4, 0.5) is 0 Å².